The predicted molar refractivity (Wildman–Crippen MR) is 127 cm³/mol. The number of hydrogen-bond donors (Lipinski definition) is 1. The van der Waals surface area contributed by atoms with Gasteiger partial charge >= 0.3 is 0 Å². The molecule has 1 N–H and O–H groups in total. The average molecular weight is 490 g/mol. The van der Waals surface area contributed by atoms with Gasteiger partial charge in [0.2, 0.25) is 0 Å². The van der Waals surface area contributed by atoms with Crippen molar-refractivity contribution < 1.29 is 14.1 Å². The van der Waals surface area contributed by atoms with Gasteiger partial charge in [-0.3, -0.25) is 19.9 Å². The number of amides is 1. The van der Waals surface area contributed by atoms with E-state index in [-0.39, 0.29) is 11.6 Å². The van der Waals surface area contributed by atoms with Crippen molar-refractivity contribution in [3.8, 4) is 11.3 Å². The van der Waals surface area contributed by atoms with Crippen molar-refractivity contribution in [3.05, 3.63) is 111 Å². The van der Waals surface area contributed by atoms with Crippen molar-refractivity contribution in [1.82, 2.24) is 0 Å². The van der Waals surface area contributed by atoms with Crippen LogP contribution in [0.3, 0.4) is 0 Å². The molecule has 1 amide bonds. The normalized spacial score (nSPS) is 10.9. The molecule has 0 bridgehead atoms. The van der Waals surface area contributed by atoms with E-state index < -0.39 is 4.92 Å². The van der Waals surface area contributed by atoms with E-state index in [0.29, 0.717) is 32.9 Å². The van der Waals surface area contributed by atoms with Crippen LogP contribution in [0.2, 0.25) is 0 Å². The van der Waals surface area contributed by atoms with E-state index in [0.717, 1.165) is 5.56 Å². The first-order valence-electron chi connectivity index (χ1n) is 9.54. The van der Waals surface area contributed by atoms with Crippen LogP contribution in [0.5, 0.6) is 0 Å². The van der Waals surface area contributed by atoms with Crippen molar-refractivity contribution in [2.24, 2.45) is 4.99 Å². The summed E-state index contributed by atoms with van der Waals surface area (Å²) < 4.78 is 6.46. The highest BCUT2D eigenvalue weighted by Gasteiger charge is 2.09. The van der Waals surface area contributed by atoms with Gasteiger partial charge in [0, 0.05) is 27.7 Å². The molecule has 0 aliphatic rings. The number of carbonyl (C=O) groups is 1. The monoisotopic (exact) mass is 489 g/mol. The summed E-state index contributed by atoms with van der Waals surface area (Å²) in [6.45, 7) is 0. The van der Waals surface area contributed by atoms with E-state index in [1.807, 2.05) is 18.2 Å². The summed E-state index contributed by atoms with van der Waals surface area (Å²) in [6, 6.07) is 24.0. The standard InChI is InChI=1S/C24H16BrN3O4/c25-21-14-18(8-12-22(21)27-24(29)17-4-2-1-3-5-17)26-15-20-11-13-23(32-20)16-6-9-19(10-7-16)28(30)31/h1-15H,(H,27,29). The van der Waals surface area contributed by atoms with Crippen LogP contribution in [-0.2, 0) is 0 Å². The molecule has 7 nitrogen and oxygen atoms in total. The smallest absolute Gasteiger partial charge is 0.269 e. The Bertz CT molecular complexity index is 1300. The second kappa shape index (κ2) is 9.40. The number of non-ortho nitro benzene ring substituents is 1. The van der Waals surface area contributed by atoms with E-state index >= 15 is 0 Å². The Morgan fingerprint density at radius 2 is 1.75 bits per heavy atom. The number of furan rings is 1. The van der Waals surface area contributed by atoms with Crippen molar-refractivity contribution in [1.29, 1.82) is 0 Å². The fourth-order valence-electron chi connectivity index (χ4n) is 2.93. The molecule has 0 radical (unpaired) electrons. The van der Waals surface area contributed by atoms with Crippen LogP contribution < -0.4 is 5.32 Å². The summed E-state index contributed by atoms with van der Waals surface area (Å²) in [5, 5.41) is 13.6. The minimum atomic E-state index is -0.444. The summed E-state index contributed by atoms with van der Waals surface area (Å²) in [5.74, 6) is 0.925. The lowest BCUT2D eigenvalue weighted by Crippen LogP contribution is -2.11. The number of hydrogen-bond acceptors (Lipinski definition) is 5. The van der Waals surface area contributed by atoms with Gasteiger partial charge < -0.3 is 9.73 Å². The molecular weight excluding hydrogens is 474 g/mol. The topological polar surface area (TPSA) is 97.7 Å². The lowest BCUT2D eigenvalue weighted by atomic mass is 10.1. The van der Waals surface area contributed by atoms with Crippen LogP contribution in [0.1, 0.15) is 16.1 Å². The Morgan fingerprint density at radius 3 is 2.44 bits per heavy atom. The van der Waals surface area contributed by atoms with Gasteiger partial charge in [0.05, 0.1) is 22.5 Å². The minimum absolute atomic E-state index is 0.0241. The molecule has 0 aliphatic heterocycles. The fourth-order valence-corrected chi connectivity index (χ4v) is 3.40. The van der Waals surface area contributed by atoms with Crippen LogP contribution in [0, 0.1) is 10.1 Å². The number of nitro benzene ring substituents is 1. The van der Waals surface area contributed by atoms with Crippen LogP contribution in [0.15, 0.2) is 98.8 Å². The molecular formula is C24H16BrN3O4. The zero-order chi connectivity index (χ0) is 22.5. The van der Waals surface area contributed by atoms with Crippen molar-refractivity contribution in [3.63, 3.8) is 0 Å². The molecule has 4 aromatic rings. The number of rotatable bonds is 6. The largest absolute Gasteiger partial charge is 0.455 e. The molecule has 0 fully saturated rings. The van der Waals surface area contributed by atoms with E-state index in [9.17, 15) is 14.9 Å². The summed E-state index contributed by atoms with van der Waals surface area (Å²) >= 11 is 3.47. The van der Waals surface area contributed by atoms with Crippen molar-refractivity contribution in [2.45, 2.75) is 0 Å². The van der Waals surface area contributed by atoms with E-state index in [1.165, 1.54) is 12.1 Å². The molecule has 8 heteroatoms. The first-order chi connectivity index (χ1) is 15.5. The number of benzene rings is 3. The van der Waals surface area contributed by atoms with E-state index in [4.69, 9.17) is 4.42 Å². The Hall–Kier alpha value is -4.04. The Labute approximate surface area is 191 Å². The molecule has 3 aromatic carbocycles. The highest BCUT2D eigenvalue weighted by Crippen LogP contribution is 2.28. The molecule has 1 heterocycles. The maximum atomic E-state index is 12.3. The third-order valence-corrected chi connectivity index (χ3v) is 5.22. The maximum Gasteiger partial charge on any atom is 0.269 e. The van der Waals surface area contributed by atoms with Crippen molar-refractivity contribution >= 4 is 45.1 Å². The van der Waals surface area contributed by atoms with Crippen LogP contribution in [0.25, 0.3) is 11.3 Å². The van der Waals surface area contributed by atoms with Gasteiger partial charge in [0.25, 0.3) is 11.6 Å². The minimum Gasteiger partial charge on any atom is -0.455 e. The van der Waals surface area contributed by atoms with E-state index in [1.54, 1.807) is 60.8 Å². The SMILES string of the molecule is O=C(Nc1ccc(N=Cc2ccc(-c3ccc([N+](=O)[O-])cc3)o2)cc1Br)c1ccccc1. The Morgan fingerprint density at radius 1 is 1.00 bits per heavy atom. The van der Waals surface area contributed by atoms with Crippen LogP contribution in [-0.4, -0.2) is 17.0 Å². The molecule has 158 valence electrons. The Balaban J connectivity index is 1.44. The van der Waals surface area contributed by atoms with Gasteiger partial charge in [0.1, 0.15) is 11.5 Å². The van der Waals surface area contributed by atoms with Crippen molar-refractivity contribution in [2.75, 3.05) is 5.32 Å². The summed E-state index contributed by atoms with van der Waals surface area (Å²) in [6.07, 6.45) is 1.58. The number of nitrogens with one attached hydrogen (secondary N) is 1. The van der Waals surface area contributed by atoms with Gasteiger partial charge in [-0.2, -0.15) is 0 Å². The number of nitro groups is 1. The van der Waals surface area contributed by atoms with Gasteiger partial charge in [0.15, 0.2) is 0 Å². The average Bonchev–Trinajstić information content (AvgIpc) is 3.29. The zero-order valence-electron chi connectivity index (χ0n) is 16.6. The number of carbonyl (C=O) groups excluding carboxylic acids is 1. The third kappa shape index (κ3) is 4.98. The summed E-state index contributed by atoms with van der Waals surface area (Å²) in [7, 11) is 0. The molecule has 0 saturated carbocycles. The van der Waals surface area contributed by atoms with Gasteiger partial charge in [-0.15, -0.1) is 0 Å². The molecule has 1 aromatic heterocycles. The molecule has 0 atom stereocenters. The highest BCUT2D eigenvalue weighted by atomic mass is 79.9. The van der Waals surface area contributed by atoms with Crippen LogP contribution in [0.4, 0.5) is 17.1 Å². The van der Waals surface area contributed by atoms with Gasteiger partial charge in [-0.1, -0.05) is 18.2 Å². The van der Waals surface area contributed by atoms with Gasteiger partial charge in [-0.05, 0) is 70.5 Å². The highest BCUT2D eigenvalue weighted by molar-refractivity contribution is 9.10. The molecule has 4 rings (SSSR count). The quantitative estimate of drug-likeness (QED) is 0.187. The number of aliphatic imine (C=N–C) groups is 1. The van der Waals surface area contributed by atoms with E-state index in [2.05, 4.69) is 26.2 Å². The maximum absolute atomic E-state index is 12.3. The number of halogens is 1. The van der Waals surface area contributed by atoms with Crippen LogP contribution >= 0.6 is 15.9 Å². The second-order valence-electron chi connectivity index (χ2n) is 6.75. The first-order valence-corrected chi connectivity index (χ1v) is 10.3. The first kappa shape index (κ1) is 21.2. The summed E-state index contributed by atoms with van der Waals surface area (Å²) in [4.78, 5) is 27.1. The fraction of sp³-hybridized carbons (Fsp3) is 0. The third-order valence-electron chi connectivity index (χ3n) is 4.57. The second-order valence-corrected chi connectivity index (χ2v) is 7.60. The Kier molecular flexibility index (Phi) is 6.23. The zero-order valence-corrected chi connectivity index (χ0v) is 18.2. The number of nitrogens with zero attached hydrogens (tertiary/aromatic N) is 2. The van der Waals surface area contributed by atoms with Gasteiger partial charge in [-0.25, -0.2) is 0 Å². The molecule has 0 spiro atoms. The predicted octanol–water partition coefficient (Wildman–Crippen LogP) is 6.62. The lowest BCUT2D eigenvalue weighted by Gasteiger charge is -2.08. The molecule has 32 heavy (non-hydrogen) atoms. The molecule has 0 unspecified atom stereocenters. The number of anilines is 1. The summed E-state index contributed by atoms with van der Waals surface area (Å²) in [5.41, 5.74) is 2.63. The molecule has 0 saturated heterocycles. The lowest BCUT2D eigenvalue weighted by molar-refractivity contribution is -0.384. The molecule has 0 aliphatic carbocycles.